The fourth-order valence-electron chi connectivity index (χ4n) is 2.12. The van der Waals surface area contributed by atoms with Crippen LogP contribution in [0.2, 0.25) is 5.02 Å². The first-order valence-corrected chi connectivity index (χ1v) is 6.71. The molecule has 0 heterocycles. The zero-order chi connectivity index (χ0) is 14.7. The Hall–Kier alpha value is -2.00. The minimum Gasteiger partial charge on any atom is -0.478 e. The molecule has 0 radical (unpaired) electrons. The molecule has 0 aromatic heterocycles. The molecule has 2 aromatic rings. The molecule has 104 valence electrons. The van der Waals surface area contributed by atoms with Crippen molar-refractivity contribution in [1.82, 2.24) is 0 Å². The topological polar surface area (TPSA) is 49.3 Å². The van der Waals surface area contributed by atoms with E-state index in [0.717, 1.165) is 16.8 Å². The number of carboxylic acids is 1. The van der Waals surface area contributed by atoms with Crippen LogP contribution in [-0.2, 0) is 0 Å². The Morgan fingerprint density at radius 3 is 2.60 bits per heavy atom. The van der Waals surface area contributed by atoms with E-state index in [-0.39, 0.29) is 6.04 Å². The average Bonchev–Trinajstić information content (AvgIpc) is 2.40. The number of benzene rings is 2. The highest BCUT2D eigenvalue weighted by Crippen LogP contribution is 2.25. The summed E-state index contributed by atoms with van der Waals surface area (Å²) in [6.07, 6.45) is 0. The summed E-state index contributed by atoms with van der Waals surface area (Å²) in [5.41, 5.74) is 2.91. The highest BCUT2D eigenvalue weighted by molar-refractivity contribution is 6.30. The van der Waals surface area contributed by atoms with E-state index >= 15 is 0 Å². The van der Waals surface area contributed by atoms with E-state index in [2.05, 4.69) is 5.32 Å². The van der Waals surface area contributed by atoms with Gasteiger partial charge in [-0.05, 0) is 49.2 Å². The molecule has 0 aliphatic rings. The lowest BCUT2D eigenvalue weighted by atomic mass is 10.0. The number of aromatic carboxylic acids is 1. The molecule has 0 saturated carbocycles. The molecule has 0 fully saturated rings. The second-order valence-corrected chi connectivity index (χ2v) is 5.14. The van der Waals surface area contributed by atoms with Gasteiger partial charge in [0, 0.05) is 16.8 Å². The molecule has 2 N–H and O–H groups in total. The van der Waals surface area contributed by atoms with E-state index in [9.17, 15) is 4.79 Å². The largest absolute Gasteiger partial charge is 0.478 e. The van der Waals surface area contributed by atoms with Crippen LogP contribution >= 0.6 is 11.6 Å². The van der Waals surface area contributed by atoms with Crippen molar-refractivity contribution in [2.24, 2.45) is 0 Å². The van der Waals surface area contributed by atoms with E-state index in [1.54, 1.807) is 19.1 Å². The molecule has 20 heavy (non-hydrogen) atoms. The Morgan fingerprint density at radius 2 is 1.95 bits per heavy atom. The third-order valence-corrected chi connectivity index (χ3v) is 3.52. The van der Waals surface area contributed by atoms with Gasteiger partial charge in [0.25, 0.3) is 0 Å². The molecule has 2 aromatic carbocycles. The molecule has 1 unspecified atom stereocenters. The molecule has 0 amide bonds. The van der Waals surface area contributed by atoms with Crippen molar-refractivity contribution in [3.8, 4) is 0 Å². The lowest BCUT2D eigenvalue weighted by Crippen LogP contribution is -2.09. The van der Waals surface area contributed by atoms with Crippen molar-refractivity contribution >= 4 is 23.3 Å². The Kier molecular flexibility index (Phi) is 4.30. The smallest absolute Gasteiger partial charge is 0.336 e. The predicted octanol–water partition coefficient (Wildman–Crippen LogP) is 4.52. The molecule has 0 aliphatic carbocycles. The maximum atomic E-state index is 11.1. The number of nitrogens with one attached hydrogen (secondary N) is 1. The van der Waals surface area contributed by atoms with E-state index in [1.165, 1.54) is 0 Å². The summed E-state index contributed by atoms with van der Waals surface area (Å²) in [5, 5.41) is 13.1. The van der Waals surface area contributed by atoms with Crippen molar-refractivity contribution in [3.05, 3.63) is 64.2 Å². The van der Waals surface area contributed by atoms with Crippen LogP contribution in [-0.4, -0.2) is 11.1 Å². The highest BCUT2D eigenvalue weighted by atomic mass is 35.5. The summed E-state index contributed by atoms with van der Waals surface area (Å²) in [6.45, 7) is 3.81. The van der Waals surface area contributed by atoms with Gasteiger partial charge in [0.2, 0.25) is 0 Å². The average molecular weight is 290 g/mol. The number of hydrogen-bond acceptors (Lipinski definition) is 2. The van der Waals surface area contributed by atoms with E-state index < -0.39 is 5.97 Å². The SMILES string of the molecule is Cc1c(NC(C)c2cccc(Cl)c2)cccc1C(=O)O. The van der Waals surface area contributed by atoms with Crippen molar-refractivity contribution < 1.29 is 9.90 Å². The van der Waals surface area contributed by atoms with Gasteiger partial charge in [0.05, 0.1) is 5.56 Å². The van der Waals surface area contributed by atoms with Gasteiger partial charge in [-0.2, -0.15) is 0 Å². The standard InChI is InChI=1S/C16H16ClNO2/c1-10-14(16(19)20)7-4-8-15(10)18-11(2)12-5-3-6-13(17)9-12/h3-9,11,18H,1-2H3,(H,19,20). The van der Waals surface area contributed by atoms with Crippen LogP contribution in [0.5, 0.6) is 0 Å². The second kappa shape index (κ2) is 5.97. The van der Waals surface area contributed by atoms with Crippen LogP contribution in [0.1, 0.15) is 34.5 Å². The molecular weight excluding hydrogens is 274 g/mol. The first-order chi connectivity index (χ1) is 9.49. The quantitative estimate of drug-likeness (QED) is 0.870. The zero-order valence-corrected chi connectivity index (χ0v) is 12.1. The number of carbonyl (C=O) groups is 1. The number of carboxylic acid groups (broad SMARTS) is 1. The summed E-state index contributed by atoms with van der Waals surface area (Å²) < 4.78 is 0. The lowest BCUT2D eigenvalue weighted by molar-refractivity contribution is 0.0696. The van der Waals surface area contributed by atoms with Crippen LogP contribution in [0.4, 0.5) is 5.69 Å². The summed E-state index contributed by atoms with van der Waals surface area (Å²) in [4.78, 5) is 11.1. The van der Waals surface area contributed by atoms with Gasteiger partial charge in [0.15, 0.2) is 0 Å². The normalized spacial score (nSPS) is 11.9. The lowest BCUT2D eigenvalue weighted by Gasteiger charge is -2.18. The third-order valence-electron chi connectivity index (χ3n) is 3.28. The van der Waals surface area contributed by atoms with Crippen LogP contribution in [0.15, 0.2) is 42.5 Å². The van der Waals surface area contributed by atoms with E-state index in [0.29, 0.717) is 10.6 Å². The van der Waals surface area contributed by atoms with Gasteiger partial charge in [-0.1, -0.05) is 29.8 Å². The number of hydrogen-bond donors (Lipinski definition) is 2. The molecule has 0 bridgehead atoms. The van der Waals surface area contributed by atoms with Crippen molar-refractivity contribution in [1.29, 1.82) is 0 Å². The fourth-order valence-corrected chi connectivity index (χ4v) is 2.31. The summed E-state index contributed by atoms with van der Waals surface area (Å²) >= 11 is 5.98. The van der Waals surface area contributed by atoms with Crippen LogP contribution in [0.3, 0.4) is 0 Å². The van der Waals surface area contributed by atoms with Gasteiger partial charge in [-0.3, -0.25) is 0 Å². The molecule has 0 saturated heterocycles. The number of anilines is 1. The third kappa shape index (κ3) is 3.11. The number of halogens is 1. The van der Waals surface area contributed by atoms with Gasteiger partial charge >= 0.3 is 5.97 Å². The first-order valence-electron chi connectivity index (χ1n) is 6.34. The molecule has 0 aliphatic heterocycles. The summed E-state index contributed by atoms with van der Waals surface area (Å²) in [5.74, 6) is -0.915. The van der Waals surface area contributed by atoms with Crippen LogP contribution in [0.25, 0.3) is 0 Å². The minimum atomic E-state index is -0.915. The van der Waals surface area contributed by atoms with E-state index in [1.807, 2.05) is 37.3 Å². The molecule has 4 heteroatoms. The highest BCUT2D eigenvalue weighted by Gasteiger charge is 2.12. The van der Waals surface area contributed by atoms with Gasteiger partial charge < -0.3 is 10.4 Å². The summed E-state index contributed by atoms with van der Waals surface area (Å²) in [7, 11) is 0. The fraction of sp³-hybridized carbons (Fsp3) is 0.188. The molecule has 2 rings (SSSR count). The Morgan fingerprint density at radius 1 is 1.25 bits per heavy atom. The molecule has 1 atom stereocenters. The van der Waals surface area contributed by atoms with Gasteiger partial charge in [-0.15, -0.1) is 0 Å². The van der Waals surface area contributed by atoms with Crippen LogP contribution in [0, 0.1) is 6.92 Å². The Bertz CT molecular complexity index is 640. The summed E-state index contributed by atoms with van der Waals surface area (Å²) in [6, 6.07) is 12.9. The Labute approximate surface area is 123 Å². The molecule has 3 nitrogen and oxygen atoms in total. The monoisotopic (exact) mass is 289 g/mol. The maximum Gasteiger partial charge on any atom is 0.336 e. The number of rotatable bonds is 4. The maximum absolute atomic E-state index is 11.1. The molecular formula is C16H16ClNO2. The predicted molar refractivity (Wildman–Crippen MR) is 81.6 cm³/mol. The molecule has 0 spiro atoms. The zero-order valence-electron chi connectivity index (χ0n) is 11.4. The first kappa shape index (κ1) is 14.4. The van der Waals surface area contributed by atoms with Crippen molar-refractivity contribution in [2.75, 3.05) is 5.32 Å². The van der Waals surface area contributed by atoms with Gasteiger partial charge in [-0.25, -0.2) is 4.79 Å². The van der Waals surface area contributed by atoms with Crippen molar-refractivity contribution in [3.63, 3.8) is 0 Å². The van der Waals surface area contributed by atoms with Crippen LogP contribution < -0.4 is 5.32 Å². The minimum absolute atomic E-state index is 0.0384. The van der Waals surface area contributed by atoms with Crippen molar-refractivity contribution in [2.45, 2.75) is 19.9 Å². The van der Waals surface area contributed by atoms with E-state index in [4.69, 9.17) is 16.7 Å². The second-order valence-electron chi connectivity index (χ2n) is 4.70. The van der Waals surface area contributed by atoms with Gasteiger partial charge in [0.1, 0.15) is 0 Å². The Balaban J connectivity index is 2.26.